The molecule has 3 saturated carbocycles. The van der Waals surface area contributed by atoms with E-state index in [1.54, 1.807) is 0 Å². The van der Waals surface area contributed by atoms with Crippen LogP contribution in [0.2, 0.25) is 0 Å². The van der Waals surface area contributed by atoms with E-state index in [0.717, 1.165) is 51.6 Å². The van der Waals surface area contributed by atoms with Gasteiger partial charge in [-0.25, -0.2) is 4.85 Å². The zero-order chi connectivity index (χ0) is 29.0. The molecule has 0 bridgehead atoms. The lowest BCUT2D eigenvalue weighted by Crippen LogP contribution is -2.66. The Hall–Kier alpha value is -2.09. The van der Waals surface area contributed by atoms with Crippen LogP contribution < -0.4 is 0 Å². The number of aliphatic hydroxyl groups is 1. The summed E-state index contributed by atoms with van der Waals surface area (Å²) in [6, 6.07) is 0. The van der Waals surface area contributed by atoms with Gasteiger partial charge in [0.05, 0.1) is 6.57 Å². The lowest BCUT2D eigenvalue weighted by atomic mass is 9.33. The van der Waals surface area contributed by atoms with Gasteiger partial charge in [0, 0.05) is 30.8 Å². The van der Waals surface area contributed by atoms with Crippen LogP contribution in [0.4, 0.5) is 0 Å². The maximum Gasteiger partial charge on any atom is 0.222 e. The summed E-state index contributed by atoms with van der Waals surface area (Å²) in [5.74, 6) is 2.29. The van der Waals surface area contributed by atoms with Crippen LogP contribution in [0.1, 0.15) is 106 Å². The molecule has 1 aliphatic heterocycles. The number of carbonyl (C=O) groups excluding carboxylic acids is 2. The molecule has 5 nitrogen and oxygen atoms in total. The Balaban J connectivity index is 1.48. The van der Waals surface area contributed by atoms with Crippen molar-refractivity contribution in [2.24, 2.45) is 56.7 Å². The van der Waals surface area contributed by atoms with Crippen molar-refractivity contribution < 1.29 is 14.7 Å². The van der Waals surface area contributed by atoms with Crippen LogP contribution in [-0.4, -0.2) is 34.8 Å². The second kappa shape index (κ2) is 8.71. The summed E-state index contributed by atoms with van der Waals surface area (Å²) in [5, 5.41) is 11.1. The standard InChI is InChI=1S/C35H50N2O3/c1-21-11-14-35(20-37-17-9-10-27(37)39)16-15-34(7)29(28(35)22(21)2)24(38)18-26-32(5)19-23(36-8)30(40)31(3,4)25(32)12-13-33(26,34)6/h18,21-22,25,28-29,40H,9-17,19-20H2,1-7H3/t21-,22+,25+,28+,29-,32+,33-,34-,35-/m1/s1. The molecule has 6 aliphatic rings. The molecule has 0 aromatic heterocycles. The maximum absolute atomic E-state index is 14.7. The molecular formula is C35H50N2O3. The molecule has 1 amide bonds. The van der Waals surface area contributed by atoms with Crippen molar-refractivity contribution >= 4 is 11.7 Å². The van der Waals surface area contributed by atoms with Gasteiger partial charge in [-0.1, -0.05) is 54.0 Å². The fourth-order valence-corrected chi connectivity index (χ4v) is 11.8. The first-order chi connectivity index (χ1) is 18.7. The largest absolute Gasteiger partial charge is 0.523 e. The van der Waals surface area contributed by atoms with E-state index < -0.39 is 5.41 Å². The molecule has 6 rings (SSSR count). The number of likely N-dealkylation sites (tertiary alicyclic amines) is 1. The molecule has 1 N–H and O–H groups in total. The number of hydrogen-bond donors (Lipinski definition) is 1. The molecular weight excluding hydrogens is 496 g/mol. The van der Waals surface area contributed by atoms with Crippen LogP contribution in [0.25, 0.3) is 4.85 Å². The van der Waals surface area contributed by atoms with Crippen LogP contribution in [0.5, 0.6) is 0 Å². The number of hydrogen-bond acceptors (Lipinski definition) is 3. The van der Waals surface area contributed by atoms with Crippen molar-refractivity contribution in [1.29, 1.82) is 0 Å². The quantitative estimate of drug-likeness (QED) is 0.360. The van der Waals surface area contributed by atoms with E-state index in [9.17, 15) is 14.7 Å². The van der Waals surface area contributed by atoms with Crippen molar-refractivity contribution in [2.75, 3.05) is 13.1 Å². The van der Waals surface area contributed by atoms with Gasteiger partial charge in [-0.15, -0.1) is 0 Å². The van der Waals surface area contributed by atoms with Crippen LogP contribution in [0.3, 0.4) is 0 Å². The zero-order valence-electron chi connectivity index (χ0n) is 25.9. The van der Waals surface area contributed by atoms with Crippen LogP contribution in [0.15, 0.2) is 23.1 Å². The van der Waals surface area contributed by atoms with Crippen molar-refractivity contribution in [3.8, 4) is 0 Å². The van der Waals surface area contributed by atoms with Gasteiger partial charge in [0.25, 0.3) is 0 Å². The molecule has 5 aliphatic carbocycles. The monoisotopic (exact) mass is 546 g/mol. The lowest BCUT2D eigenvalue weighted by Gasteiger charge is -2.70. The molecule has 0 radical (unpaired) electrons. The number of ketones is 1. The highest BCUT2D eigenvalue weighted by Crippen LogP contribution is 2.75. The Bertz CT molecular complexity index is 1260. The SMILES string of the molecule is [C-]#[N+]C1=C(O)C(C)(C)[C@@H]2CC[C@]3(C)C(=CC(=O)[C@@H]4[C@@H]5[C@@H](C)[C@H](C)CC[C@]5(CN5CCCC5=O)CC[C@]43C)[C@@]2(C)C1. The number of amides is 1. The molecule has 0 unspecified atom stereocenters. The molecule has 1 saturated heterocycles. The molecule has 4 fully saturated rings. The minimum atomic E-state index is -0.493. The first-order valence-electron chi connectivity index (χ1n) is 16.0. The van der Waals surface area contributed by atoms with Gasteiger partial charge in [0.15, 0.2) is 5.78 Å². The van der Waals surface area contributed by atoms with E-state index in [-0.39, 0.29) is 45.2 Å². The number of allylic oxidation sites excluding steroid dienone is 4. The highest BCUT2D eigenvalue weighted by Gasteiger charge is 2.70. The second-order valence-corrected chi connectivity index (χ2v) is 16.2. The fraction of sp³-hybridized carbons (Fsp3) is 0.800. The minimum absolute atomic E-state index is 0.0210. The van der Waals surface area contributed by atoms with Crippen molar-refractivity contribution in [1.82, 2.24) is 4.90 Å². The Kier molecular flexibility index (Phi) is 6.11. The lowest BCUT2D eigenvalue weighted by molar-refractivity contribution is -0.182. The van der Waals surface area contributed by atoms with E-state index in [1.165, 1.54) is 12.0 Å². The highest BCUT2D eigenvalue weighted by molar-refractivity contribution is 5.95. The van der Waals surface area contributed by atoms with E-state index in [0.29, 0.717) is 42.1 Å². The Morgan fingerprint density at radius 2 is 1.77 bits per heavy atom. The summed E-state index contributed by atoms with van der Waals surface area (Å²) >= 11 is 0. The number of rotatable bonds is 2. The minimum Gasteiger partial charge on any atom is -0.523 e. The molecule has 9 atom stereocenters. The number of nitrogens with zero attached hydrogens (tertiary/aromatic N) is 2. The molecule has 1 heterocycles. The average molecular weight is 547 g/mol. The summed E-state index contributed by atoms with van der Waals surface area (Å²) in [7, 11) is 0. The predicted molar refractivity (Wildman–Crippen MR) is 157 cm³/mol. The summed E-state index contributed by atoms with van der Waals surface area (Å²) in [6.45, 7) is 25.7. The number of aliphatic hydroxyl groups excluding tert-OH is 1. The Morgan fingerprint density at radius 1 is 1.05 bits per heavy atom. The Labute approximate surface area is 241 Å². The Morgan fingerprint density at radius 3 is 2.42 bits per heavy atom. The van der Waals surface area contributed by atoms with Crippen LogP contribution in [-0.2, 0) is 9.59 Å². The van der Waals surface area contributed by atoms with Gasteiger partial charge >= 0.3 is 0 Å². The predicted octanol–water partition coefficient (Wildman–Crippen LogP) is 7.74. The summed E-state index contributed by atoms with van der Waals surface area (Å²) < 4.78 is 0. The number of carbonyl (C=O) groups is 2. The third kappa shape index (κ3) is 3.37. The van der Waals surface area contributed by atoms with Crippen LogP contribution in [0, 0.1) is 63.2 Å². The van der Waals surface area contributed by atoms with E-state index in [1.807, 2.05) is 0 Å². The van der Waals surface area contributed by atoms with E-state index >= 15 is 0 Å². The van der Waals surface area contributed by atoms with E-state index in [4.69, 9.17) is 6.57 Å². The molecule has 0 aromatic carbocycles. The van der Waals surface area contributed by atoms with Crippen molar-refractivity contribution in [3.63, 3.8) is 0 Å². The van der Waals surface area contributed by atoms with Gasteiger partial charge in [-0.3, -0.25) is 9.59 Å². The summed E-state index contributed by atoms with van der Waals surface area (Å²) in [5.41, 5.74) is 0.627. The molecule has 0 aromatic rings. The second-order valence-electron chi connectivity index (χ2n) is 16.2. The topological polar surface area (TPSA) is 62.0 Å². The first kappa shape index (κ1) is 28.0. The molecule has 40 heavy (non-hydrogen) atoms. The first-order valence-corrected chi connectivity index (χ1v) is 16.0. The van der Waals surface area contributed by atoms with Gasteiger partial charge < -0.3 is 10.0 Å². The van der Waals surface area contributed by atoms with Gasteiger partial charge in [-0.05, 0) is 103 Å². The maximum atomic E-state index is 14.7. The third-order valence-corrected chi connectivity index (χ3v) is 14.3. The average Bonchev–Trinajstić information content (AvgIpc) is 3.30. The van der Waals surface area contributed by atoms with Crippen molar-refractivity contribution in [3.05, 3.63) is 34.5 Å². The van der Waals surface area contributed by atoms with Crippen molar-refractivity contribution in [2.45, 2.75) is 106 Å². The van der Waals surface area contributed by atoms with E-state index in [2.05, 4.69) is 64.3 Å². The van der Waals surface area contributed by atoms with Gasteiger partial charge in [0.2, 0.25) is 11.6 Å². The number of fused-ring (bicyclic) bond motifs is 7. The highest BCUT2D eigenvalue weighted by atomic mass is 16.3. The fourth-order valence-electron chi connectivity index (χ4n) is 11.8. The van der Waals surface area contributed by atoms with Gasteiger partial charge in [-0.2, -0.15) is 0 Å². The molecule has 218 valence electrons. The third-order valence-electron chi connectivity index (χ3n) is 14.3. The summed E-state index contributed by atoms with van der Waals surface area (Å²) in [4.78, 5) is 33.5. The normalized spacial score (nSPS) is 48.0. The smallest absolute Gasteiger partial charge is 0.222 e. The molecule has 0 spiro atoms. The molecule has 5 heteroatoms. The summed E-state index contributed by atoms with van der Waals surface area (Å²) in [6.07, 6.45) is 10.6. The van der Waals surface area contributed by atoms with Crippen LogP contribution >= 0.6 is 0 Å². The zero-order valence-corrected chi connectivity index (χ0v) is 25.9. The van der Waals surface area contributed by atoms with Gasteiger partial charge in [0.1, 0.15) is 5.76 Å².